The van der Waals surface area contributed by atoms with Gasteiger partial charge in [-0.3, -0.25) is 28.8 Å². The zero-order chi connectivity index (χ0) is 94.4. The van der Waals surface area contributed by atoms with Gasteiger partial charge in [0.25, 0.3) is 0 Å². The van der Waals surface area contributed by atoms with Gasteiger partial charge in [-0.2, -0.15) is 0 Å². The quantitative estimate of drug-likeness (QED) is 0.0290. The van der Waals surface area contributed by atoms with Crippen LogP contribution in [0.1, 0.15) is 48.5 Å². The zero-order valence-corrected chi connectivity index (χ0v) is 69.6. The number of carbonyl (C=O) groups is 6. The highest BCUT2D eigenvalue weighted by atomic mass is 16.8. The fourth-order valence-corrected chi connectivity index (χ4v) is 16.5. The first-order valence-electron chi connectivity index (χ1n) is 41.0. The molecule has 10 heterocycles. The van der Waals surface area contributed by atoms with Gasteiger partial charge < -0.3 is 250 Å². The number of aliphatic hydroxyl groups excluding tert-OH is 25. The standard InChI is InChI=1S/C72H120N6O50/c1-17-39(91)51(103)54(106)69(113-17)111-16-32-60(47(99)33(63(109)114-32)73-18(2)85)125-67-37(77-22(6)89)50(102)59(29(13-84)119-67)126-71-56(108)61(127-70-55(107)52(104)42(94)26(10-81)117-70)44(96)31(121-71)15-112-72-62(128-68-38(78-23(7)90)49(101)58(28(12-83)120-68)124-66-35(75-20(4)87)46(98)41(93)25(9-80)116-66)53(105)43(95)30(122-72)14-110-64-36(76-21(5)88)48(100)57(27(11-82)118-64)123-65-34(74-19(3)86)45(97)40(92)24(8-79)115-65/h17,24-72,79-84,91-109H,8-16H2,1-7H3,(H,73,85)(H,74,86)(H,75,87)(H,76,88)(H,77,89)(H,78,90)/t17-,24+,25+,26+,27+,28+,29+,30+,31+,32+,33+,34+,35+,36+,37+,38+,39+,40-,41-,42+,43+,44+,45+,46+,47+,48+,49+,50+,51+,52-,53-,54-,55-,56-,57+,58+,59+,60+,61-,62-,63?,64+,65-,66-,67-,68-,69+,70+,71-,72-/m0/s1. The molecule has 56 heteroatoms. The molecule has 10 saturated heterocycles. The van der Waals surface area contributed by atoms with Crippen LogP contribution in [0, 0.1) is 0 Å². The minimum absolute atomic E-state index is 0.800. The highest BCUT2D eigenvalue weighted by molar-refractivity contribution is 5.75. The van der Waals surface area contributed by atoms with Gasteiger partial charge in [0.05, 0.1) is 65.6 Å². The topological polar surface area (TPSA) is 856 Å². The third kappa shape index (κ3) is 23.9. The van der Waals surface area contributed by atoms with Crippen LogP contribution < -0.4 is 31.9 Å². The molecule has 0 aromatic rings. The summed E-state index contributed by atoms with van der Waals surface area (Å²) in [6, 6.07) is -10.9. The Morgan fingerprint density at radius 1 is 0.219 bits per heavy atom. The summed E-state index contributed by atoms with van der Waals surface area (Å²) in [6.07, 6.45) is -89.8. The van der Waals surface area contributed by atoms with Crippen molar-refractivity contribution in [2.45, 2.75) is 355 Å². The summed E-state index contributed by atoms with van der Waals surface area (Å²) >= 11 is 0. The summed E-state index contributed by atoms with van der Waals surface area (Å²) in [4.78, 5) is 76.7. The van der Waals surface area contributed by atoms with Crippen LogP contribution in [0.15, 0.2) is 0 Å². The van der Waals surface area contributed by atoms with Crippen LogP contribution in [0.3, 0.4) is 0 Å². The molecule has 0 aromatic heterocycles. The minimum atomic E-state index is -2.53. The van der Waals surface area contributed by atoms with Crippen LogP contribution in [0.25, 0.3) is 0 Å². The van der Waals surface area contributed by atoms with E-state index in [9.17, 15) is 156 Å². The van der Waals surface area contributed by atoms with Crippen LogP contribution >= 0.6 is 0 Å². The number of rotatable bonds is 33. The molecule has 10 fully saturated rings. The zero-order valence-electron chi connectivity index (χ0n) is 69.6. The fraction of sp³-hybridized carbons (Fsp3) is 0.917. The van der Waals surface area contributed by atoms with Crippen molar-refractivity contribution in [2.75, 3.05) is 59.5 Å². The van der Waals surface area contributed by atoms with Crippen molar-refractivity contribution in [3.8, 4) is 0 Å². The molecule has 56 nitrogen and oxygen atoms in total. The second-order valence-electron chi connectivity index (χ2n) is 32.5. The van der Waals surface area contributed by atoms with Crippen molar-refractivity contribution >= 4 is 35.4 Å². The van der Waals surface area contributed by atoms with Gasteiger partial charge in [0.15, 0.2) is 62.9 Å². The molecule has 0 aliphatic carbocycles. The van der Waals surface area contributed by atoms with Gasteiger partial charge in [-0.1, -0.05) is 0 Å². The van der Waals surface area contributed by atoms with E-state index in [1.54, 1.807) is 0 Å². The van der Waals surface area contributed by atoms with E-state index < -0.39 is 402 Å². The first kappa shape index (κ1) is 105. The smallest absolute Gasteiger partial charge is 0.217 e. The van der Waals surface area contributed by atoms with Crippen LogP contribution in [0.5, 0.6) is 0 Å². The highest BCUT2D eigenvalue weighted by Crippen LogP contribution is 2.40. The lowest BCUT2D eigenvalue weighted by Crippen LogP contribution is -2.71. The summed E-state index contributed by atoms with van der Waals surface area (Å²) in [5.41, 5.74) is 0. The van der Waals surface area contributed by atoms with E-state index in [1.807, 2.05) is 0 Å². The van der Waals surface area contributed by atoms with Crippen molar-refractivity contribution in [1.82, 2.24) is 31.9 Å². The molecule has 10 rings (SSSR count). The lowest BCUT2D eigenvalue weighted by atomic mass is 9.93. The molecule has 128 heavy (non-hydrogen) atoms. The van der Waals surface area contributed by atoms with E-state index in [2.05, 4.69) is 31.9 Å². The molecule has 1 unspecified atom stereocenters. The van der Waals surface area contributed by atoms with Crippen molar-refractivity contribution < 1.29 is 246 Å². The van der Waals surface area contributed by atoms with Gasteiger partial charge in [0.1, 0.15) is 238 Å². The van der Waals surface area contributed by atoms with Gasteiger partial charge >= 0.3 is 0 Å². The Kier molecular flexibility index (Phi) is 37.8. The SMILES string of the molecule is CC(=O)N[C@H]1[C@H](O[C@H]2[C@H](O)[C@@H](NC(C)=O)C(O)O[C@@H]2CO[C@@H]2O[C@@H](C)[C@@H](O)[C@@H](O)[C@@H]2O)O[C@H](CO)[C@@H](O[C@@H]2O[C@H](CO[C@H]3O[C@H](CO[C@@H]4O[C@H](CO)[C@@H](O[C@@H]5O[C@H](CO)[C@H](O)[C@H](O)[C@H]5NC(C)=O)[C@H](O)[C@H]4NC(C)=O)[C@@H](O)[C@H](O)[C@@H]3O[C@@H]3O[C@H](CO)[C@@H](O[C@@H]4O[C@H](CO)[C@H](O)[C@H](O)[C@H]4NC(C)=O)[C@H](O)[C@H]3NC(C)=O)[C@@H](O)[C@H](O[C@H]3O[C@H](CO)[C@@H](O)[C@H](O)[C@@H]3O)[C@@H]2O)[C@@H]1O. The number of nitrogens with one attached hydrogen (secondary N) is 6. The Balaban J connectivity index is 0.983. The average Bonchev–Trinajstić information content (AvgIpc) is 0.771. The Morgan fingerprint density at radius 3 is 0.906 bits per heavy atom. The molecule has 0 bridgehead atoms. The van der Waals surface area contributed by atoms with E-state index in [4.69, 9.17) is 90.0 Å². The van der Waals surface area contributed by atoms with E-state index >= 15 is 0 Å². The lowest BCUT2D eigenvalue weighted by Gasteiger charge is -2.51. The van der Waals surface area contributed by atoms with Gasteiger partial charge in [0, 0.05) is 41.5 Å². The highest BCUT2D eigenvalue weighted by Gasteiger charge is 2.61. The Hall–Kier alpha value is -4.94. The minimum Gasteiger partial charge on any atom is -0.394 e. The van der Waals surface area contributed by atoms with Gasteiger partial charge in [0.2, 0.25) is 35.4 Å². The lowest BCUT2D eigenvalue weighted by molar-refractivity contribution is -0.389. The summed E-state index contributed by atoms with van der Waals surface area (Å²) in [5.74, 6) is -5.35. The van der Waals surface area contributed by atoms with Crippen LogP contribution in [-0.2, 0) is 119 Å². The normalized spacial score (nSPS) is 47.8. The van der Waals surface area contributed by atoms with Crippen molar-refractivity contribution in [3.63, 3.8) is 0 Å². The fourth-order valence-electron chi connectivity index (χ4n) is 16.5. The van der Waals surface area contributed by atoms with E-state index in [1.165, 1.54) is 6.92 Å². The molecular formula is C72H120N6O50. The van der Waals surface area contributed by atoms with E-state index in [0.29, 0.717) is 0 Å². The third-order valence-corrected chi connectivity index (χ3v) is 23.2. The molecule has 10 aliphatic heterocycles. The molecule has 50 atom stereocenters. The first-order chi connectivity index (χ1) is 60.4. The molecular weight excluding hydrogens is 1750 g/mol. The Bertz CT molecular complexity index is 3550. The number of amides is 6. The van der Waals surface area contributed by atoms with Gasteiger partial charge in [-0.15, -0.1) is 0 Å². The number of carbonyl (C=O) groups excluding carboxylic acids is 6. The molecule has 0 saturated carbocycles. The summed E-state index contributed by atoms with van der Waals surface area (Å²) in [5, 5.41) is 296. The predicted octanol–water partition coefficient (Wildman–Crippen LogP) is -20.9. The largest absolute Gasteiger partial charge is 0.394 e. The summed E-state index contributed by atoms with van der Waals surface area (Å²) in [6.45, 7) is -2.60. The maximum absolute atomic E-state index is 13.2. The molecule has 10 aliphatic rings. The second-order valence-corrected chi connectivity index (χ2v) is 32.5. The number of hydrogen-bond acceptors (Lipinski definition) is 50. The number of aliphatic hydroxyl groups is 25. The van der Waals surface area contributed by atoms with Crippen molar-refractivity contribution in [3.05, 3.63) is 0 Å². The summed E-state index contributed by atoms with van der Waals surface area (Å²) < 4.78 is 114. The van der Waals surface area contributed by atoms with Gasteiger partial charge in [-0.05, 0) is 6.92 Å². The number of hydrogen-bond donors (Lipinski definition) is 31. The van der Waals surface area contributed by atoms with Crippen molar-refractivity contribution in [1.29, 1.82) is 0 Å². The Labute approximate surface area is 726 Å². The molecule has 738 valence electrons. The monoisotopic (exact) mass is 1870 g/mol. The van der Waals surface area contributed by atoms with E-state index in [0.717, 1.165) is 41.5 Å². The van der Waals surface area contributed by atoms with Crippen LogP contribution in [0.4, 0.5) is 0 Å². The molecule has 0 aromatic carbocycles. The molecule has 6 amide bonds. The van der Waals surface area contributed by atoms with Gasteiger partial charge in [-0.25, -0.2) is 0 Å². The second kappa shape index (κ2) is 46.1. The average molecular weight is 1870 g/mol. The maximum atomic E-state index is 13.2. The summed E-state index contributed by atoms with van der Waals surface area (Å²) in [7, 11) is 0. The number of ether oxygens (including phenoxy) is 19. The third-order valence-electron chi connectivity index (χ3n) is 23.2. The molecule has 31 N–H and O–H groups in total. The maximum Gasteiger partial charge on any atom is 0.217 e. The molecule has 0 radical (unpaired) electrons. The Morgan fingerprint density at radius 2 is 0.484 bits per heavy atom. The molecule has 0 spiro atoms. The van der Waals surface area contributed by atoms with Crippen LogP contribution in [-0.4, -0.2) is 529 Å². The van der Waals surface area contributed by atoms with E-state index in [-0.39, 0.29) is 0 Å². The van der Waals surface area contributed by atoms with Crippen molar-refractivity contribution in [2.24, 2.45) is 0 Å². The van der Waals surface area contributed by atoms with Crippen LogP contribution in [0.2, 0.25) is 0 Å². The predicted molar refractivity (Wildman–Crippen MR) is 398 cm³/mol. The first-order valence-corrected chi connectivity index (χ1v) is 41.0.